The highest BCUT2D eigenvalue weighted by atomic mass is 32.1. The Balaban J connectivity index is 2.61. The van der Waals surface area contributed by atoms with Gasteiger partial charge in [-0.1, -0.05) is 13.3 Å². The predicted octanol–water partition coefficient (Wildman–Crippen LogP) is 0.585. The van der Waals surface area contributed by atoms with Gasteiger partial charge in [0.15, 0.2) is 0 Å². The maximum absolute atomic E-state index is 11.8. The fourth-order valence-electron chi connectivity index (χ4n) is 1.53. The van der Waals surface area contributed by atoms with Crippen LogP contribution in [-0.2, 0) is 11.2 Å². The zero-order chi connectivity index (χ0) is 13.7. The lowest BCUT2D eigenvalue weighted by Gasteiger charge is -2.06. The molecular weight excluding hydrogens is 252 g/mol. The average molecular weight is 270 g/mol. The van der Waals surface area contributed by atoms with Crippen LogP contribution in [0.5, 0.6) is 0 Å². The quantitative estimate of drug-likeness (QED) is 0.706. The molecule has 0 radical (unpaired) electrons. The first kappa shape index (κ1) is 14.7. The van der Waals surface area contributed by atoms with Crippen LogP contribution >= 0.6 is 11.3 Å². The molecule has 0 saturated heterocycles. The van der Waals surface area contributed by atoms with Crippen molar-refractivity contribution in [1.82, 2.24) is 5.32 Å². The normalized spacial score (nSPS) is 12.2. The van der Waals surface area contributed by atoms with Crippen LogP contribution in [0.2, 0.25) is 0 Å². The molecule has 0 saturated carbocycles. The number of aliphatic hydroxyl groups is 1. The lowest BCUT2D eigenvalue weighted by molar-refractivity contribution is -0.125. The fourth-order valence-corrected chi connectivity index (χ4v) is 2.51. The van der Waals surface area contributed by atoms with Gasteiger partial charge >= 0.3 is 0 Å². The van der Waals surface area contributed by atoms with E-state index in [0.717, 1.165) is 17.7 Å². The molecule has 0 fully saturated rings. The molecular formula is C12H18N2O3S. The van der Waals surface area contributed by atoms with E-state index in [1.807, 2.05) is 13.0 Å². The minimum atomic E-state index is -1.34. The highest BCUT2D eigenvalue weighted by molar-refractivity contribution is 7.14. The van der Waals surface area contributed by atoms with Crippen LogP contribution in [-0.4, -0.2) is 29.6 Å². The third kappa shape index (κ3) is 3.82. The number of carbonyl (C=O) groups excluding carboxylic acids is 2. The monoisotopic (exact) mass is 270 g/mol. The number of aryl methyl sites for hydroxylation is 2. The van der Waals surface area contributed by atoms with Crippen LogP contribution in [0.4, 0.5) is 0 Å². The van der Waals surface area contributed by atoms with E-state index in [4.69, 9.17) is 5.73 Å². The molecule has 1 rings (SSSR count). The molecule has 2 amide bonds. The minimum Gasteiger partial charge on any atom is -0.381 e. The summed E-state index contributed by atoms with van der Waals surface area (Å²) >= 11 is 1.41. The highest BCUT2D eigenvalue weighted by Crippen LogP contribution is 2.22. The Labute approximate surface area is 110 Å². The third-order valence-corrected chi connectivity index (χ3v) is 3.64. The first-order valence-corrected chi connectivity index (χ1v) is 6.62. The molecule has 1 unspecified atom stereocenters. The molecule has 0 aromatic carbocycles. The van der Waals surface area contributed by atoms with Crippen molar-refractivity contribution in [3.8, 4) is 0 Å². The van der Waals surface area contributed by atoms with Gasteiger partial charge in [0.1, 0.15) is 6.10 Å². The molecule has 1 heterocycles. The van der Waals surface area contributed by atoms with Crippen molar-refractivity contribution in [2.45, 2.75) is 32.8 Å². The second-order valence-corrected chi connectivity index (χ2v) is 5.33. The first-order valence-electron chi connectivity index (χ1n) is 5.80. The number of primary amides is 1. The Bertz CT molecular complexity index is 443. The number of hydrogen-bond donors (Lipinski definition) is 3. The Morgan fingerprint density at radius 2 is 2.22 bits per heavy atom. The third-order valence-electron chi connectivity index (χ3n) is 2.55. The molecule has 6 heteroatoms. The summed E-state index contributed by atoms with van der Waals surface area (Å²) in [6.45, 7) is 3.90. The van der Waals surface area contributed by atoms with Gasteiger partial charge in [0.25, 0.3) is 5.91 Å². The summed E-state index contributed by atoms with van der Waals surface area (Å²) in [5.74, 6) is -1.13. The van der Waals surface area contributed by atoms with Crippen molar-refractivity contribution in [3.63, 3.8) is 0 Å². The maximum atomic E-state index is 11.8. The number of carbonyl (C=O) groups is 2. The van der Waals surface area contributed by atoms with E-state index in [-0.39, 0.29) is 12.5 Å². The van der Waals surface area contributed by atoms with Gasteiger partial charge in [0.05, 0.1) is 11.4 Å². The Morgan fingerprint density at radius 1 is 1.56 bits per heavy atom. The summed E-state index contributed by atoms with van der Waals surface area (Å²) in [5.41, 5.74) is 6.06. The molecule has 0 aliphatic carbocycles. The smallest absolute Gasteiger partial charge is 0.261 e. The molecule has 18 heavy (non-hydrogen) atoms. The van der Waals surface area contributed by atoms with E-state index in [9.17, 15) is 14.7 Å². The summed E-state index contributed by atoms with van der Waals surface area (Å²) in [6.07, 6.45) is 0.628. The molecule has 0 aliphatic rings. The molecule has 4 N–H and O–H groups in total. The zero-order valence-corrected chi connectivity index (χ0v) is 11.3. The topological polar surface area (TPSA) is 92.4 Å². The second kappa shape index (κ2) is 6.51. The van der Waals surface area contributed by atoms with Gasteiger partial charge in [-0.15, -0.1) is 11.3 Å². The summed E-state index contributed by atoms with van der Waals surface area (Å²) in [4.78, 5) is 24.1. The number of hydrogen-bond acceptors (Lipinski definition) is 4. The van der Waals surface area contributed by atoms with Crippen LogP contribution in [0.1, 0.15) is 33.5 Å². The van der Waals surface area contributed by atoms with Crippen LogP contribution in [0.25, 0.3) is 0 Å². The number of aliphatic hydroxyl groups excluding tert-OH is 1. The summed E-state index contributed by atoms with van der Waals surface area (Å²) in [5, 5.41) is 11.7. The Morgan fingerprint density at radius 3 is 2.78 bits per heavy atom. The van der Waals surface area contributed by atoms with E-state index in [1.165, 1.54) is 16.9 Å². The van der Waals surface area contributed by atoms with Crippen molar-refractivity contribution in [2.24, 2.45) is 5.73 Å². The van der Waals surface area contributed by atoms with E-state index >= 15 is 0 Å². The van der Waals surface area contributed by atoms with Crippen molar-refractivity contribution in [2.75, 3.05) is 6.54 Å². The van der Waals surface area contributed by atoms with Crippen LogP contribution < -0.4 is 11.1 Å². The molecule has 0 spiro atoms. The van der Waals surface area contributed by atoms with E-state index in [2.05, 4.69) is 12.2 Å². The predicted molar refractivity (Wildman–Crippen MR) is 70.6 cm³/mol. The summed E-state index contributed by atoms with van der Waals surface area (Å²) in [7, 11) is 0. The zero-order valence-electron chi connectivity index (χ0n) is 10.5. The lowest BCUT2D eigenvalue weighted by Crippen LogP contribution is -2.39. The van der Waals surface area contributed by atoms with Gasteiger partial charge in [-0.3, -0.25) is 9.59 Å². The maximum Gasteiger partial charge on any atom is 0.261 e. The van der Waals surface area contributed by atoms with Crippen molar-refractivity contribution < 1.29 is 14.7 Å². The van der Waals surface area contributed by atoms with Crippen LogP contribution in [0, 0.1) is 6.92 Å². The van der Waals surface area contributed by atoms with Crippen LogP contribution in [0.15, 0.2) is 6.07 Å². The number of amides is 2. The number of thiophene rings is 1. The van der Waals surface area contributed by atoms with Gasteiger partial charge in [0.2, 0.25) is 5.91 Å². The van der Waals surface area contributed by atoms with E-state index in [0.29, 0.717) is 4.88 Å². The average Bonchev–Trinajstić information content (AvgIpc) is 2.68. The van der Waals surface area contributed by atoms with Crippen molar-refractivity contribution >= 4 is 23.2 Å². The van der Waals surface area contributed by atoms with E-state index in [1.54, 1.807) is 0 Å². The molecule has 1 aromatic rings. The summed E-state index contributed by atoms with van der Waals surface area (Å²) in [6, 6.07) is 1.86. The molecule has 1 aromatic heterocycles. The van der Waals surface area contributed by atoms with Crippen LogP contribution in [0.3, 0.4) is 0 Å². The van der Waals surface area contributed by atoms with Gasteiger partial charge < -0.3 is 16.2 Å². The standard InChI is InChI=1S/C12H18N2O3S/c1-3-4-8-5-10(18-7(8)2)12(17)14-6-9(15)11(13)16/h5,9,15H,3-4,6H2,1-2H3,(H2,13,16)(H,14,17). The highest BCUT2D eigenvalue weighted by Gasteiger charge is 2.15. The number of rotatable bonds is 6. The second-order valence-electron chi connectivity index (χ2n) is 4.07. The fraction of sp³-hybridized carbons (Fsp3) is 0.500. The van der Waals surface area contributed by atoms with Gasteiger partial charge in [0, 0.05) is 4.88 Å². The molecule has 0 bridgehead atoms. The largest absolute Gasteiger partial charge is 0.381 e. The van der Waals surface area contributed by atoms with Gasteiger partial charge in [-0.25, -0.2) is 0 Å². The molecule has 5 nitrogen and oxygen atoms in total. The van der Waals surface area contributed by atoms with Gasteiger partial charge in [-0.2, -0.15) is 0 Å². The lowest BCUT2D eigenvalue weighted by atomic mass is 10.1. The SMILES string of the molecule is CCCc1cc(C(=O)NCC(O)C(N)=O)sc1C. The molecule has 1 atom stereocenters. The molecule has 0 aliphatic heterocycles. The Hall–Kier alpha value is -1.40. The Kier molecular flexibility index (Phi) is 5.30. The van der Waals surface area contributed by atoms with Gasteiger partial charge in [-0.05, 0) is 25.0 Å². The number of nitrogens with one attached hydrogen (secondary N) is 1. The first-order chi connectivity index (χ1) is 8.45. The molecule has 100 valence electrons. The van der Waals surface area contributed by atoms with Crippen molar-refractivity contribution in [3.05, 3.63) is 21.4 Å². The number of nitrogens with two attached hydrogens (primary N) is 1. The van der Waals surface area contributed by atoms with E-state index < -0.39 is 12.0 Å². The van der Waals surface area contributed by atoms with Crippen molar-refractivity contribution in [1.29, 1.82) is 0 Å². The summed E-state index contributed by atoms with van der Waals surface area (Å²) < 4.78 is 0. The minimum absolute atomic E-state index is 0.159.